The highest BCUT2D eigenvalue weighted by atomic mass is 35.5. The first-order chi connectivity index (χ1) is 14.9. The van der Waals surface area contributed by atoms with Gasteiger partial charge in [-0.3, -0.25) is 0 Å². The van der Waals surface area contributed by atoms with Crippen molar-refractivity contribution in [2.75, 3.05) is 20.1 Å². The van der Waals surface area contributed by atoms with E-state index < -0.39 is 5.60 Å². The molecule has 1 aromatic carbocycles. The van der Waals surface area contributed by atoms with E-state index in [9.17, 15) is 5.11 Å². The zero-order valence-electron chi connectivity index (χ0n) is 17.7. The van der Waals surface area contributed by atoms with Gasteiger partial charge in [0.15, 0.2) is 5.65 Å². The second kappa shape index (κ2) is 6.92. The summed E-state index contributed by atoms with van der Waals surface area (Å²) in [6.45, 7) is 2.35. The summed E-state index contributed by atoms with van der Waals surface area (Å²) >= 11 is 6.55. The van der Waals surface area contributed by atoms with Gasteiger partial charge < -0.3 is 19.7 Å². The molecule has 6 nitrogen and oxygen atoms in total. The van der Waals surface area contributed by atoms with Gasteiger partial charge in [0.1, 0.15) is 6.10 Å². The van der Waals surface area contributed by atoms with Crippen LogP contribution in [0.1, 0.15) is 44.1 Å². The molecule has 0 amide bonds. The Morgan fingerprint density at radius 1 is 1.16 bits per heavy atom. The van der Waals surface area contributed by atoms with Gasteiger partial charge in [-0.25, -0.2) is 4.98 Å². The summed E-state index contributed by atoms with van der Waals surface area (Å²) in [6.07, 6.45) is 6.38. The molecule has 2 aromatic heterocycles. The summed E-state index contributed by atoms with van der Waals surface area (Å²) in [7, 11) is 2.19. The molecule has 7 heteroatoms. The number of pyridine rings is 1. The molecular weight excluding hydrogens is 412 g/mol. The van der Waals surface area contributed by atoms with E-state index >= 15 is 0 Å². The number of H-pyrrole nitrogens is 1. The lowest BCUT2D eigenvalue weighted by Crippen LogP contribution is -2.45. The summed E-state index contributed by atoms with van der Waals surface area (Å²) < 4.78 is 6.12. The maximum Gasteiger partial charge on any atom is 0.296 e. The number of nitrogens with zero attached hydrogens (tertiary/aromatic N) is 3. The van der Waals surface area contributed by atoms with Gasteiger partial charge in [0, 0.05) is 12.1 Å². The van der Waals surface area contributed by atoms with Crippen molar-refractivity contribution in [2.45, 2.75) is 50.2 Å². The second-order valence-corrected chi connectivity index (χ2v) is 10.2. The summed E-state index contributed by atoms with van der Waals surface area (Å²) in [5, 5.41) is 11.1. The molecule has 31 heavy (non-hydrogen) atoms. The molecule has 3 aliphatic rings. The van der Waals surface area contributed by atoms with E-state index in [1.54, 1.807) is 0 Å². The molecule has 3 heterocycles. The Bertz CT molecular complexity index is 1130. The lowest BCUT2D eigenvalue weighted by Gasteiger charge is -2.44. The van der Waals surface area contributed by atoms with E-state index in [4.69, 9.17) is 21.3 Å². The summed E-state index contributed by atoms with van der Waals surface area (Å²) in [5.41, 5.74) is 3.72. The molecule has 2 N–H and O–H groups in total. The Morgan fingerprint density at radius 2 is 1.94 bits per heavy atom. The number of rotatable bonds is 4. The van der Waals surface area contributed by atoms with Gasteiger partial charge >= 0.3 is 0 Å². The number of halogens is 1. The Balaban J connectivity index is 1.20. The van der Waals surface area contributed by atoms with Crippen molar-refractivity contribution < 1.29 is 9.84 Å². The number of benzene rings is 1. The van der Waals surface area contributed by atoms with Gasteiger partial charge in [-0.05, 0) is 69.2 Å². The van der Waals surface area contributed by atoms with Gasteiger partial charge in [-0.1, -0.05) is 35.9 Å². The van der Waals surface area contributed by atoms with E-state index in [0.29, 0.717) is 27.8 Å². The van der Waals surface area contributed by atoms with Crippen molar-refractivity contribution in [1.82, 2.24) is 19.9 Å². The molecule has 6 rings (SSSR count). The Kier molecular flexibility index (Phi) is 4.36. The van der Waals surface area contributed by atoms with Gasteiger partial charge in [0.2, 0.25) is 0 Å². The predicted molar refractivity (Wildman–Crippen MR) is 120 cm³/mol. The fourth-order valence-electron chi connectivity index (χ4n) is 5.53. The van der Waals surface area contributed by atoms with Crippen molar-refractivity contribution in [1.29, 1.82) is 0 Å². The third kappa shape index (κ3) is 3.32. The molecular formula is C24H27ClN4O2. The second-order valence-electron chi connectivity index (χ2n) is 9.83. The number of aromatic amines is 1. The number of ether oxygens (including phenoxy) is 1. The first-order valence-corrected chi connectivity index (χ1v) is 11.5. The van der Waals surface area contributed by atoms with Crippen LogP contribution in [0.25, 0.3) is 22.4 Å². The molecule has 0 radical (unpaired) electrons. The molecule has 0 atom stereocenters. The minimum atomic E-state index is -0.665. The van der Waals surface area contributed by atoms with E-state index in [1.165, 1.54) is 19.5 Å². The first-order valence-electron chi connectivity index (χ1n) is 11.2. The molecule has 3 fully saturated rings. The minimum Gasteiger partial charge on any atom is -0.461 e. The summed E-state index contributed by atoms with van der Waals surface area (Å²) in [6, 6.07) is 10.3. The third-order valence-electron chi connectivity index (χ3n) is 7.51. The van der Waals surface area contributed by atoms with Crippen LogP contribution < -0.4 is 4.74 Å². The van der Waals surface area contributed by atoms with Crippen molar-refractivity contribution in [3.05, 3.63) is 40.9 Å². The Morgan fingerprint density at radius 3 is 2.58 bits per heavy atom. The lowest BCUT2D eigenvalue weighted by atomic mass is 9.66. The predicted octanol–water partition coefficient (Wildman–Crippen LogP) is 4.51. The number of aromatic nitrogens is 3. The Labute approximate surface area is 186 Å². The fourth-order valence-corrected chi connectivity index (χ4v) is 5.79. The fraction of sp³-hybridized carbons (Fsp3) is 0.500. The van der Waals surface area contributed by atoms with Crippen LogP contribution in [-0.4, -0.2) is 51.2 Å². The molecule has 162 valence electrons. The molecule has 1 aliphatic heterocycles. The topological polar surface area (TPSA) is 74.3 Å². The van der Waals surface area contributed by atoms with Crippen molar-refractivity contribution in [3.8, 4) is 17.3 Å². The van der Waals surface area contributed by atoms with E-state index in [-0.39, 0.29) is 6.10 Å². The van der Waals surface area contributed by atoms with Gasteiger partial charge in [0.25, 0.3) is 6.01 Å². The largest absolute Gasteiger partial charge is 0.461 e. The van der Waals surface area contributed by atoms with Crippen LogP contribution in [0, 0.1) is 5.41 Å². The highest BCUT2D eigenvalue weighted by molar-refractivity contribution is 6.33. The summed E-state index contributed by atoms with van der Waals surface area (Å²) in [4.78, 5) is 14.9. The van der Waals surface area contributed by atoms with E-state index in [1.807, 2.05) is 30.3 Å². The average Bonchev–Trinajstić information content (AvgIpc) is 3.28. The quantitative estimate of drug-likeness (QED) is 0.626. The number of fused-ring (bicyclic) bond motifs is 1. The standard InChI is InChI=1S/C24H27ClN4O2/c1-29-10-9-23(14-29)12-17(13-23)31-22-26-19-11-18(25)20(27-21(19)28-22)15-3-5-16(6-4-15)24(30)7-2-8-24/h3-6,11,17,30H,2,7-10,12-14H2,1H3,(H,26,27,28). The van der Waals surface area contributed by atoms with Crippen LogP contribution >= 0.6 is 11.6 Å². The van der Waals surface area contributed by atoms with E-state index in [2.05, 4.69) is 21.9 Å². The zero-order chi connectivity index (χ0) is 21.2. The molecule has 2 saturated carbocycles. The maximum absolute atomic E-state index is 10.5. The van der Waals surface area contributed by atoms with Crippen LogP contribution in [0.5, 0.6) is 6.01 Å². The average molecular weight is 439 g/mol. The number of imidazole rings is 1. The number of likely N-dealkylation sites (tertiary alicyclic amines) is 1. The Hall–Kier alpha value is -2.15. The smallest absolute Gasteiger partial charge is 0.296 e. The number of aliphatic hydroxyl groups is 1. The SMILES string of the molecule is CN1CCC2(CC(Oc3nc4nc(-c5ccc(C6(O)CCC6)cc5)c(Cl)cc4[nH]3)C2)C1. The van der Waals surface area contributed by atoms with Crippen LogP contribution in [-0.2, 0) is 5.60 Å². The van der Waals surface area contributed by atoms with E-state index in [0.717, 1.165) is 48.7 Å². The van der Waals surface area contributed by atoms with Crippen molar-refractivity contribution in [3.63, 3.8) is 0 Å². The van der Waals surface area contributed by atoms with Crippen LogP contribution in [0.4, 0.5) is 0 Å². The normalized spacial score (nSPS) is 27.4. The zero-order valence-corrected chi connectivity index (χ0v) is 18.5. The highest BCUT2D eigenvalue weighted by Crippen LogP contribution is 2.49. The lowest BCUT2D eigenvalue weighted by molar-refractivity contribution is -0.0387. The van der Waals surface area contributed by atoms with Gasteiger partial charge in [-0.2, -0.15) is 4.98 Å². The minimum absolute atomic E-state index is 0.215. The maximum atomic E-state index is 10.5. The monoisotopic (exact) mass is 438 g/mol. The van der Waals surface area contributed by atoms with Gasteiger partial charge in [0.05, 0.1) is 21.8 Å². The highest BCUT2D eigenvalue weighted by Gasteiger charge is 2.49. The molecule has 1 saturated heterocycles. The van der Waals surface area contributed by atoms with Crippen LogP contribution in [0.15, 0.2) is 30.3 Å². The van der Waals surface area contributed by atoms with Crippen LogP contribution in [0.3, 0.4) is 0 Å². The number of hydrogen-bond acceptors (Lipinski definition) is 5. The van der Waals surface area contributed by atoms with Crippen LogP contribution in [0.2, 0.25) is 5.02 Å². The number of hydrogen-bond donors (Lipinski definition) is 2. The van der Waals surface area contributed by atoms with Crippen molar-refractivity contribution >= 4 is 22.8 Å². The molecule has 2 aliphatic carbocycles. The molecule has 0 bridgehead atoms. The van der Waals surface area contributed by atoms with Gasteiger partial charge in [-0.15, -0.1) is 0 Å². The van der Waals surface area contributed by atoms with Crippen molar-refractivity contribution in [2.24, 2.45) is 5.41 Å². The molecule has 3 aromatic rings. The molecule has 0 unspecified atom stereocenters. The first kappa shape index (κ1) is 19.5. The third-order valence-corrected chi connectivity index (χ3v) is 7.80. The molecule has 1 spiro atoms. The summed E-state index contributed by atoms with van der Waals surface area (Å²) in [5.74, 6) is 0. The number of nitrogens with one attached hydrogen (secondary N) is 1.